The number of aliphatic carboxylic acids is 1. The van der Waals surface area contributed by atoms with Crippen LogP contribution in [0.1, 0.15) is 17.7 Å². The number of amides is 2. The first kappa shape index (κ1) is 49.9. The Hall–Kier alpha value is -3.46. The second-order valence-electron chi connectivity index (χ2n) is 13.1. The molecule has 1 saturated heterocycles. The Balaban J connectivity index is 1.35. The summed E-state index contributed by atoms with van der Waals surface area (Å²) in [6, 6.07) is 5.01. The van der Waals surface area contributed by atoms with E-state index >= 15 is 0 Å². The highest BCUT2D eigenvalue weighted by Crippen LogP contribution is 2.33. The minimum atomic E-state index is -2.53. The van der Waals surface area contributed by atoms with E-state index < -0.39 is 73.6 Å². The molecule has 0 unspecified atom stereocenters. The molecular formula is C36H57ClN6O16. The maximum Gasteiger partial charge on any atom is 0.364 e. The summed E-state index contributed by atoms with van der Waals surface area (Å²) in [4.78, 5) is 37.0. The third-order valence-corrected chi connectivity index (χ3v) is 8.75. The van der Waals surface area contributed by atoms with Crippen molar-refractivity contribution in [3.05, 3.63) is 46.7 Å². The zero-order valence-electron chi connectivity index (χ0n) is 32.7. The molecule has 0 saturated carbocycles. The van der Waals surface area contributed by atoms with E-state index in [1.54, 1.807) is 35.1 Å². The summed E-state index contributed by atoms with van der Waals surface area (Å²) in [6.45, 7) is 2.96. The van der Waals surface area contributed by atoms with Crippen molar-refractivity contribution < 1.29 is 77.8 Å². The average Bonchev–Trinajstić information content (AvgIpc) is 3.68. The topological polar surface area (TPSA) is 307 Å². The number of hydrogen-bond donors (Lipinski definition) is 8. The number of nitrogens with two attached hydrogens (primary N) is 1. The molecule has 2 heterocycles. The Bertz CT molecular complexity index is 1500. The first-order valence-electron chi connectivity index (χ1n) is 19.0. The molecule has 1 fully saturated rings. The minimum Gasteiger partial charge on any atom is -0.477 e. The van der Waals surface area contributed by atoms with Gasteiger partial charge >= 0.3 is 5.97 Å². The Morgan fingerprint density at radius 2 is 1.49 bits per heavy atom. The maximum atomic E-state index is 12.5. The molecule has 1 aliphatic rings. The largest absolute Gasteiger partial charge is 0.477 e. The molecule has 9 N–H and O–H groups in total. The molecule has 1 aromatic heterocycles. The number of benzene rings is 1. The minimum absolute atomic E-state index is 0.0670. The smallest absolute Gasteiger partial charge is 0.364 e. The van der Waals surface area contributed by atoms with Crippen molar-refractivity contribution in [2.75, 3.05) is 99.0 Å². The van der Waals surface area contributed by atoms with Crippen molar-refractivity contribution in [2.24, 2.45) is 5.73 Å². The fraction of sp³-hybridized carbons (Fsp3) is 0.694. The molecule has 1 aromatic carbocycles. The van der Waals surface area contributed by atoms with Crippen LogP contribution in [0.2, 0.25) is 5.02 Å². The van der Waals surface area contributed by atoms with E-state index in [0.29, 0.717) is 82.2 Å². The van der Waals surface area contributed by atoms with Crippen LogP contribution in [-0.4, -0.2) is 194 Å². The van der Waals surface area contributed by atoms with Crippen molar-refractivity contribution in [3.8, 4) is 0 Å². The Morgan fingerprint density at radius 1 is 0.898 bits per heavy atom. The summed E-state index contributed by atoms with van der Waals surface area (Å²) >= 11 is 5.87. The van der Waals surface area contributed by atoms with Gasteiger partial charge in [0.25, 0.3) is 5.79 Å². The van der Waals surface area contributed by atoms with Gasteiger partial charge in [-0.3, -0.25) is 9.59 Å². The van der Waals surface area contributed by atoms with Crippen molar-refractivity contribution in [1.82, 2.24) is 25.6 Å². The highest BCUT2D eigenvalue weighted by atomic mass is 35.5. The predicted molar refractivity (Wildman–Crippen MR) is 204 cm³/mol. The van der Waals surface area contributed by atoms with Gasteiger partial charge in [-0.15, -0.1) is 5.10 Å². The first-order valence-corrected chi connectivity index (χ1v) is 19.4. The monoisotopic (exact) mass is 864 g/mol. The molecule has 1 aliphatic heterocycles. The van der Waals surface area contributed by atoms with Gasteiger partial charge in [0.2, 0.25) is 11.8 Å². The van der Waals surface area contributed by atoms with Gasteiger partial charge in [-0.05, 0) is 17.7 Å². The van der Waals surface area contributed by atoms with Gasteiger partial charge in [0.05, 0.1) is 123 Å². The molecule has 2 aromatic rings. The number of carboxylic acids is 1. The number of carbonyl (C=O) groups is 3. The summed E-state index contributed by atoms with van der Waals surface area (Å²) < 4.78 is 45.5. The molecular weight excluding hydrogens is 808 g/mol. The SMILES string of the molecule is NCCOCCOCCOCCOCc1cn(CCOCCOCCO[C@]2(C(=O)O)C[C@H](O)[C@@H](NC(=O)CO)[C@H]([C@H](O)[C@H](O)CNC(=O)Cc3ccc(Cl)cc3)O2)nn1. The molecule has 23 heteroatoms. The van der Waals surface area contributed by atoms with Gasteiger partial charge in [0.15, 0.2) is 0 Å². The zero-order valence-corrected chi connectivity index (χ0v) is 33.5. The Kier molecular flexibility index (Phi) is 23.8. The van der Waals surface area contributed by atoms with Crippen LogP contribution < -0.4 is 16.4 Å². The van der Waals surface area contributed by atoms with Gasteiger partial charge in [-0.1, -0.05) is 28.9 Å². The summed E-state index contributed by atoms with van der Waals surface area (Å²) in [6.07, 6.45) is -6.21. The number of aliphatic hydroxyl groups excluding tert-OH is 4. The lowest BCUT2D eigenvalue weighted by Crippen LogP contribution is -2.68. The third kappa shape index (κ3) is 18.8. The summed E-state index contributed by atoms with van der Waals surface area (Å²) in [7, 11) is 0. The van der Waals surface area contributed by atoms with E-state index in [1.807, 2.05) is 0 Å². The van der Waals surface area contributed by atoms with Crippen molar-refractivity contribution in [2.45, 2.75) is 62.2 Å². The van der Waals surface area contributed by atoms with E-state index in [9.17, 15) is 39.9 Å². The van der Waals surface area contributed by atoms with Gasteiger partial charge in [0.1, 0.15) is 24.5 Å². The predicted octanol–water partition coefficient (Wildman–Crippen LogP) is -3.01. The number of rotatable bonds is 32. The van der Waals surface area contributed by atoms with Gasteiger partial charge in [0, 0.05) is 24.5 Å². The molecule has 6 atom stereocenters. The zero-order chi connectivity index (χ0) is 42.9. The van der Waals surface area contributed by atoms with Crippen LogP contribution in [0.25, 0.3) is 0 Å². The van der Waals surface area contributed by atoms with E-state index in [1.165, 1.54) is 0 Å². The molecule has 0 radical (unpaired) electrons. The number of hydrogen-bond acceptors (Lipinski definition) is 18. The molecule has 0 aliphatic carbocycles. The number of nitrogens with zero attached hydrogens (tertiary/aromatic N) is 3. The van der Waals surface area contributed by atoms with Crippen LogP contribution in [-0.2, 0) is 71.9 Å². The van der Waals surface area contributed by atoms with Crippen LogP contribution in [0.5, 0.6) is 0 Å². The highest BCUT2D eigenvalue weighted by Gasteiger charge is 2.55. The summed E-state index contributed by atoms with van der Waals surface area (Å²) in [5, 5.41) is 65.5. The normalized spacial score (nSPS) is 20.3. The lowest BCUT2D eigenvalue weighted by molar-refractivity contribution is -0.312. The molecule has 334 valence electrons. The Labute approximate surface area is 346 Å². The quantitative estimate of drug-likeness (QED) is 0.0340. The Morgan fingerprint density at radius 3 is 2.10 bits per heavy atom. The number of ether oxygens (including phenoxy) is 8. The van der Waals surface area contributed by atoms with Crippen LogP contribution in [0.15, 0.2) is 30.5 Å². The summed E-state index contributed by atoms with van der Waals surface area (Å²) in [5.74, 6) is -5.67. The highest BCUT2D eigenvalue weighted by molar-refractivity contribution is 6.30. The second-order valence-corrected chi connectivity index (χ2v) is 13.5. The van der Waals surface area contributed by atoms with Crippen molar-refractivity contribution in [3.63, 3.8) is 0 Å². The third-order valence-electron chi connectivity index (χ3n) is 8.50. The van der Waals surface area contributed by atoms with Gasteiger partial charge in [-0.2, -0.15) is 0 Å². The fourth-order valence-corrected chi connectivity index (χ4v) is 5.66. The average molecular weight is 865 g/mol. The van der Waals surface area contributed by atoms with Crippen molar-refractivity contribution in [1.29, 1.82) is 0 Å². The number of carboxylic acid groups (broad SMARTS) is 1. The first-order chi connectivity index (χ1) is 28.5. The fourth-order valence-electron chi connectivity index (χ4n) is 5.53. The number of aliphatic hydroxyl groups is 4. The number of carbonyl (C=O) groups excluding carboxylic acids is 2. The molecule has 59 heavy (non-hydrogen) atoms. The van der Waals surface area contributed by atoms with Crippen molar-refractivity contribution >= 4 is 29.4 Å². The number of aromatic nitrogens is 3. The summed E-state index contributed by atoms with van der Waals surface area (Å²) in [5.41, 5.74) is 6.61. The molecule has 0 bridgehead atoms. The second kappa shape index (κ2) is 28.1. The lowest BCUT2D eigenvalue weighted by Gasteiger charge is -2.46. The standard InChI is InChI=1S/C36H57ClN6O16/c37-26-3-1-25(2-4-26)19-30(47)39-21-29(46)33(49)34-32(40-31(48)23-44)28(45)20-36(59-34,35(50)51)58-18-17-56-12-10-53-8-6-43-22-27(41-42-43)24-57-16-15-55-14-13-54-11-9-52-7-5-38/h1-4,22,28-29,32-34,44-46,49H,5-21,23-24,38H2,(H,39,47)(H,40,48)(H,50,51)/t28-,29+,32+,33+,34+,36+/m0/s1. The van der Waals surface area contributed by atoms with Crippen LogP contribution in [0.3, 0.4) is 0 Å². The maximum absolute atomic E-state index is 12.5. The molecule has 2 amide bonds. The van der Waals surface area contributed by atoms with Gasteiger partial charge < -0.3 is 79.8 Å². The molecule has 22 nitrogen and oxygen atoms in total. The van der Waals surface area contributed by atoms with Crippen LogP contribution in [0, 0.1) is 0 Å². The van der Waals surface area contributed by atoms with Gasteiger partial charge in [-0.25, -0.2) is 9.48 Å². The van der Waals surface area contributed by atoms with E-state index in [4.69, 9.17) is 55.2 Å². The number of halogens is 1. The van der Waals surface area contributed by atoms with Crippen LogP contribution in [0.4, 0.5) is 0 Å². The van der Waals surface area contributed by atoms with E-state index in [-0.39, 0.29) is 39.5 Å². The van der Waals surface area contributed by atoms with E-state index in [2.05, 4.69) is 20.9 Å². The molecule has 0 spiro atoms. The number of nitrogens with one attached hydrogen (secondary N) is 2. The van der Waals surface area contributed by atoms with Crippen LogP contribution >= 0.6 is 11.6 Å². The van der Waals surface area contributed by atoms with E-state index in [0.717, 1.165) is 0 Å². The molecule has 3 rings (SSSR count). The lowest BCUT2D eigenvalue weighted by atomic mass is 9.88.